The molecule has 1 unspecified atom stereocenters. The maximum absolute atomic E-state index is 14.2. The predicted octanol–water partition coefficient (Wildman–Crippen LogP) is 2.94. The van der Waals surface area contributed by atoms with Crippen LogP contribution in [0, 0.1) is 17.6 Å². The second-order valence-electron chi connectivity index (χ2n) is 10.2. The summed E-state index contributed by atoms with van der Waals surface area (Å²) in [6.07, 6.45) is 0.541. The molecule has 1 saturated heterocycles. The Morgan fingerprint density at radius 1 is 1.08 bits per heavy atom. The fraction of sp³-hybridized carbons (Fsp3) is 0.615. The molecule has 212 valence electrons. The molecule has 0 aliphatic carbocycles. The second-order valence-corrected chi connectivity index (χ2v) is 10.2. The molecule has 2 atom stereocenters. The number of unbranched alkanes of at least 4 members (excludes halogenated alkanes) is 1. The molecule has 1 aromatic rings. The van der Waals surface area contributed by atoms with E-state index in [-0.39, 0.29) is 42.7 Å². The molecule has 10 nitrogen and oxygen atoms in total. The van der Waals surface area contributed by atoms with Crippen molar-refractivity contribution in [2.45, 2.75) is 71.0 Å². The van der Waals surface area contributed by atoms with Gasteiger partial charge < -0.3 is 30.7 Å². The van der Waals surface area contributed by atoms with Crippen LogP contribution in [0.5, 0.6) is 0 Å². The van der Waals surface area contributed by atoms with E-state index < -0.39 is 35.5 Å². The van der Waals surface area contributed by atoms with Gasteiger partial charge in [-0.2, -0.15) is 0 Å². The van der Waals surface area contributed by atoms with Crippen molar-refractivity contribution in [2.24, 2.45) is 5.92 Å². The van der Waals surface area contributed by atoms with E-state index in [0.717, 1.165) is 18.2 Å². The Labute approximate surface area is 221 Å². The monoisotopic (exact) mass is 540 g/mol. The van der Waals surface area contributed by atoms with Crippen LogP contribution in [0.15, 0.2) is 18.2 Å². The molecular weight excluding hydrogens is 502 g/mol. The van der Waals surface area contributed by atoms with Crippen molar-refractivity contribution in [1.82, 2.24) is 21.3 Å². The minimum atomic E-state index is -0.832. The number of cyclic esters (lactones) is 1. The molecule has 0 spiro atoms. The molecule has 4 amide bonds. The lowest BCUT2D eigenvalue weighted by Gasteiger charge is -2.20. The van der Waals surface area contributed by atoms with Gasteiger partial charge in [-0.3, -0.25) is 9.59 Å². The Bertz CT molecular complexity index is 970. The van der Waals surface area contributed by atoms with E-state index in [1.807, 2.05) is 0 Å². The number of amides is 4. The summed E-state index contributed by atoms with van der Waals surface area (Å²) >= 11 is 0. The van der Waals surface area contributed by atoms with E-state index in [4.69, 9.17) is 9.47 Å². The number of carbonyl (C=O) groups is 4. The van der Waals surface area contributed by atoms with Crippen LogP contribution in [0.4, 0.5) is 18.4 Å². The first-order valence-corrected chi connectivity index (χ1v) is 12.8. The molecule has 1 aromatic carbocycles. The van der Waals surface area contributed by atoms with Gasteiger partial charge in [0, 0.05) is 26.1 Å². The number of halogens is 2. The van der Waals surface area contributed by atoms with Gasteiger partial charge in [-0.15, -0.1) is 0 Å². The fourth-order valence-electron chi connectivity index (χ4n) is 3.85. The van der Waals surface area contributed by atoms with Crippen LogP contribution in [0.25, 0.3) is 0 Å². The zero-order chi connectivity index (χ0) is 28.1. The molecule has 0 radical (unpaired) electrons. The smallest absolute Gasteiger partial charge is 0.408 e. The number of carbonyl (C=O) groups excluding carboxylic acids is 4. The van der Waals surface area contributed by atoms with E-state index in [2.05, 4.69) is 21.3 Å². The minimum absolute atomic E-state index is 0.110. The molecule has 4 N–H and O–H groups in total. The zero-order valence-corrected chi connectivity index (χ0v) is 22.2. The average molecular weight is 541 g/mol. The Balaban J connectivity index is 1.75. The highest BCUT2D eigenvalue weighted by Crippen LogP contribution is 2.21. The molecule has 0 bridgehead atoms. The number of hydrogen-bond acceptors (Lipinski definition) is 6. The van der Waals surface area contributed by atoms with E-state index in [9.17, 15) is 28.0 Å². The number of nitrogens with one attached hydrogen (secondary N) is 4. The second kappa shape index (κ2) is 15.1. The van der Waals surface area contributed by atoms with Gasteiger partial charge in [0.2, 0.25) is 5.91 Å². The molecule has 0 saturated carbocycles. The normalized spacial score (nSPS) is 15.7. The Morgan fingerprint density at radius 3 is 2.42 bits per heavy atom. The van der Waals surface area contributed by atoms with Crippen molar-refractivity contribution in [3.05, 3.63) is 35.4 Å². The quantitative estimate of drug-likeness (QED) is 0.268. The molecule has 12 heteroatoms. The van der Waals surface area contributed by atoms with Crippen LogP contribution in [0.3, 0.4) is 0 Å². The van der Waals surface area contributed by atoms with Crippen LogP contribution in [-0.4, -0.2) is 61.9 Å². The summed E-state index contributed by atoms with van der Waals surface area (Å²) in [5.41, 5.74) is -0.421. The molecule has 1 aliphatic heterocycles. The van der Waals surface area contributed by atoms with Crippen molar-refractivity contribution in [2.75, 3.05) is 26.2 Å². The number of benzene rings is 1. The van der Waals surface area contributed by atoms with Crippen LogP contribution in [0.1, 0.15) is 58.4 Å². The average Bonchev–Trinajstić information content (AvgIpc) is 3.26. The van der Waals surface area contributed by atoms with Gasteiger partial charge in [0.25, 0.3) is 5.91 Å². The van der Waals surface area contributed by atoms with Gasteiger partial charge >= 0.3 is 12.2 Å². The van der Waals surface area contributed by atoms with Crippen LogP contribution in [-0.2, 0) is 25.5 Å². The van der Waals surface area contributed by atoms with Crippen LogP contribution < -0.4 is 21.3 Å². The van der Waals surface area contributed by atoms with Gasteiger partial charge in [0.1, 0.15) is 17.2 Å². The number of rotatable bonds is 14. The zero-order valence-electron chi connectivity index (χ0n) is 22.2. The third kappa shape index (κ3) is 12.2. The van der Waals surface area contributed by atoms with Crippen molar-refractivity contribution in [1.29, 1.82) is 0 Å². The van der Waals surface area contributed by atoms with Crippen LogP contribution >= 0.6 is 0 Å². The van der Waals surface area contributed by atoms with E-state index >= 15 is 0 Å². The van der Waals surface area contributed by atoms with E-state index in [0.29, 0.717) is 45.3 Å². The molecule has 1 fully saturated rings. The van der Waals surface area contributed by atoms with Gasteiger partial charge in [-0.25, -0.2) is 18.4 Å². The molecule has 1 heterocycles. The summed E-state index contributed by atoms with van der Waals surface area (Å²) in [5, 5.41) is 10.6. The molecule has 1 aliphatic rings. The van der Waals surface area contributed by atoms with Crippen molar-refractivity contribution >= 4 is 24.0 Å². The Kier molecular flexibility index (Phi) is 12.2. The van der Waals surface area contributed by atoms with Crippen molar-refractivity contribution in [3.63, 3.8) is 0 Å². The topological polar surface area (TPSA) is 135 Å². The molecule has 2 rings (SSSR count). The van der Waals surface area contributed by atoms with Gasteiger partial charge in [-0.05, 0) is 82.6 Å². The number of alkyl carbamates (subject to hydrolysis) is 2. The highest BCUT2D eigenvalue weighted by molar-refractivity contribution is 5.86. The van der Waals surface area contributed by atoms with E-state index in [1.54, 1.807) is 20.8 Å². The first-order valence-electron chi connectivity index (χ1n) is 12.8. The summed E-state index contributed by atoms with van der Waals surface area (Å²) < 4.78 is 37.9. The summed E-state index contributed by atoms with van der Waals surface area (Å²) in [4.78, 5) is 47.2. The summed E-state index contributed by atoms with van der Waals surface area (Å²) in [6, 6.07) is 3.25. The summed E-state index contributed by atoms with van der Waals surface area (Å²) in [6.45, 7) is 6.50. The van der Waals surface area contributed by atoms with Crippen molar-refractivity contribution < 1.29 is 37.4 Å². The lowest BCUT2D eigenvalue weighted by molar-refractivity contribution is -0.127. The third-order valence-corrected chi connectivity index (χ3v) is 5.65. The lowest BCUT2D eigenvalue weighted by atomic mass is 9.91. The first-order chi connectivity index (χ1) is 17.9. The fourth-order valence-corrected chi connectivity index (χ4v) is 3.85. The third-order valence-electron chi connectivity index (χ3n) is 5.65. The number of hydrogen-bond donors (Lipinski definition) is 4. The Hall–Kier alpha value is -3.44. The highest BCUT2D eigenvalue weighted by Gasteiger charge is 2.28. The standard InChI is InChI=1S/C26H38F2N4O6/c1-26(2,3)38-25(36)31-12-6-7-17(13-18-15-19(27)8-9-20(18)28)14-22(33)29-10-4-5-11-30-23(34)21-16-32-24(35)37-21/h8-9,15,17,21H,4-7,10-14,16H2,1-3H3,(H,29,33)(H,30,34)(H,31,36)(H,32,35)/t17?,21-/m0/s1. The van der Waals surface area contributed by atoms with Gasteiger partial charge in [-0.1, -0.05) is 0 Å². The van der Waals surface area contributed by atoms with Crippen LogP contribution in [0.2, 0.25) is 0 Å². The van der Waals surface area contributed by atoms with E-state index in [1.165, 1.54) is 0 Å². The highest BCUT2D eigenvalue weighted by atomic mass is 19.1. The first kappa shape index (κ1) is 30.8. The lowest BCUT2D eigenvalue weighted by Crippen LogP contribution is -2.37. The largest absolute Gasteiger partial charge is 0.444 e. The molecular formula is C26H38F2N4O6. The summed E-state index contributed by atoms with van der Waals surface area (Å²) in [7, 11) is 0. The number of ether oxygens (including phenoxy) is 2. The summed E-state index contributed by atoms with van der Waals surface area (Å²) in [5.74, 6) is -1.95. The molecule has 38 heavy (non-hydrogen) atoms. The van der Waals surface area contributed by atoms with Gasteiger partial charge in [0.15, 0.2) is 6.10 Å². The van der Waals surface area contributed by atoms with Crippen molar-refractivity contribution in [3.8, 4) is 0 Å². The maximum atomic E-state index is 14.2. The van der Waals surface area contributed by atoms with Gasteiger partial charge in [0.05, 0.1) is 6.54 Å². The predicted molar refractivity (Wildman–Crippen MR) is 135 cm³/mol. The minimum Gasteiger partial charge on any atom is -0.444 e. The molecule has 0 aromatic heterocycles. The SMILES string of the molecule is CC(C)(C)OC(=O)NCCCC(CC(=O)NCCCCNC(=O)[C@@H]1CNC(=O)O1)Cc1cc(F)ccc1F. The Morgan fingerprint density at radius 2 is 1.76 bits per heavy atom. The maximum Gasteiger partial charge on any atom is 0.408 e.